The molecule has 202 valence electrons. The number of aromatic nitrogens is 2. The van der Waals surface area contributed by atoms with Crippen LogP contribution in [0.5, 0.6) is 5.75 Å². The van der Waals surface area contributed by atoms with E-state index in [2.05, 4.69) is 41.5 Å². The number of benzene rings is 3. The van der Waals surface area contributed by atoms with Gasteiger partial charge >= 0.3 is 11.9 Å². The smallest absolute Gasteiger partial charge is 0.350 e. The maximum absolute atomic E-state index is 12.6. The largest absolute Gasteiger partial charge is 0.476 e. The fraction of sp³-hybridized carbons (Fsp3) is 0.281. The van der Waals surface area contributed by atoms with Crippen LogP contribution in [-0.2, 0) is 27.4 Å². The van der Waals surface area contributed by atoms with Gasteiger partial charge in [0.1, 0.15) is 18.0 Å². The van der Waals surface area contributed by atoms with Crippen LogP contribution in [0.3, 0.4) is 0 Å². The zero-order valence-electron chi connectivity index (χ0n) is 23.0. The lowest BCUT2D eigenvalue weighted by Gasteiger charge is -2.29. The van der Waals surface area contributed by atoms with Crippen molar-refractivity contribution in [2.45, 2.75) is 59.0 Å². The summed E-state index contributed by atoms with van der Waals surface area (Å²) in [6.07, 6.45) is 3.56. The summed E-state index contributed by atoms with van der Waals surface area (Å²) < 4.78 is 18.5. The van der Waals surface area contributed by atoms with Gasteiger partial charge in [-0.2, -0.15) is 5.10 Å². The highest BCUT2D eigenvalue weighted by Gasteiger charge is 2.34. The lowest BCUT2D eigenvalue weighted by atomic mass is 10.0. The maximum Gasteiger partial charge on any atom is 0.350 e. The van der Waals surface area contributed by atoms with Crippen molar-refractivity contribution in [1.29, 1.82) is 0 Å². The number of carbonyl (C=O) groups is 2. The molecule has 39 heavy (non-hydrogen) atoms. The second-order valence-electron chi connectivity index (χ2n) is 10.8. The van der Waals surface area contributed by atoms with Gasteiger partial charge in [0.15, 0.2) is 5.60 Å². The van der Waals surface area contributed by atoms with Crippen LogP contribution in [0.4, 0.5) is 0 Å². The van der Waals surface area contributed by atoms with Crippen molar-refractivity contribution in [3.05, 3.63) is 108 Å². The van der Waals surface area contributed by atoms with E-state index in [1.807, 2.05) is 29.1 Å². The Morgan fingerprint density at radius 3 is 2.08 bits per heavy atom. The van der Waals surface area contributed by atoms with Crippen molar-refractivity contribution in [2.24, 2.45) is 0 Å². The highest BCUT2D eigenvalue weighted by atomic mass is 16.6. The summed E-state index contributed by atoms with van der Waals surface area (Å²) in [6, 6.07) is 25.1. The Morgan fingerprint density at radius 1 is 0.795 bits per heavy atom. The lowest BCUT2D eigenvalue weighted by molar-refractivity contribution is -0.170. The van der Waals surface area contributed by atoms with E-state index < -0.39 is 23.1 Å². The Hall–Kier alpha value is -4.39. The van der Waals surface area contributed by atoms with E-state index in [0.29, 0.717) is 17.9 Å². The molecule has 1 heterocycles. The van der Waals surface area contributed by atoms with Crippen LogP contribution < -0.4 is 4.74 Å². The van der Waals surface area contributed by atoms with E-state index in [9.17, 15) is 9.59 Å². The molecule has 0 aliphatic carbocycles. The monoisotopic (exact) mass is 526 g/mol. The number of nitrogens with zero attached hydrogens (tertiary/aromatic N) is 2. The zero-order chi connectivity index (χ0) is 28.0. The lowest BCUT2D eigenvalue weighted by Crippen LogP contribution is -2.43. The molecule has 7 heteroatoms. The van der Waals surface area contributed by atoms with Crippen LogP contribution in [-0.4, -0.2) is 32.9 Å². The maximum atomic E-state index is 12.6. The first-order valence-electron chi connectivity index (χ1n) is 12.8. The van der Waals surface area contributed by atoms with Gasteiger partial charge in [0.05, 0.1) is 18.3 Å². The molecule has 0 unspecified atom stereocenters. The second kappa shape index (κ2) is 11.6. The Kier molecular flexibility index (Phi) is 8.19. The molecule has 0 N–H and O–H groups in total. The van der Waals surface area contributed by atoms with E-state index >= 15 is 0 Å². The molecule has 0 spiro atoms. The molecule has 0 bridgehead atoms. The first kappa shape index (κ1) is 27.6. The SMILES string of the molecule is CC(C)(C)OC(=O)C(C)(C)Oc1ccc(C(=O)OCc2cnn(Cc3ccc(-c4ccccc4)cc3)c2)cc1. The van der Waals surface area contributed by atoms with Gasteiger partial charge < -0.3 is 14.2 Å². The summed E-state index contributed by atoms with van der Waals surface area (Å²) in [7, 11) is 0. The van der Waals surface area contributed by atoms with Crippen LogP contribution in [0.1, 0.15) is 56.1 Å². The molecule has 1 aromatic heterocycles. The first-order valence-corrected chi connectivity index (χ1v) is 12.8. The van der Waals surface area contributed by atoms with Crippen LogP contribution in [0.2, 0.25) is 0 Å². The van der Waals surface area contributed by atoms with E-state index in [1.165, 1.54) is 11.1 Å². The number of esters is 2. The van der Waals surface area contributed by atoms with Crippen LogP contribution in [0.15, 0.2) is 91.3 Å². The van der Waals surface area contributed by atoms with Crippen LogP contribution in [0, 0.1) is 0 Å². The molecular weight excluding hydrogens is 492 g/mol. The van der Waals surface area contributed by atoms with Gasteiger partial charge in [-0.3, -0.25) is 4.68 Å². The summed E-state index contributed by atoms with van der Waals surface area (Å²) in [4.78, 5) is 25.0. The molecule has 7 nitrogen and oxygen atoms in total. The van der Waals surface area contributed by atoms with E-state index in [4.69, 9.17) is 14.2 Å². The van der Waals surface area contributed by atoms with Gasteiger partial charge in [-0.25, -0.2) is 9.59 Å². The number of ether oxygens (including phenoxy) is 3. The number of carbonyl (C=O) groups excluding carboxylic acids is 2. The van der Waals surface area contributed by atoms with Crippen LogP contribution >= 0.6 is 0 Å². The third kappa shape index (κ3) is 7.80. The normalized spacial score (nSPS) is 11.6. The van der Waals surface area contributed by atoms with E-state index in [0.717, 1.165) is 11.1 Å². The number of rotatable bonds is 9. The molecule has 0 aliphatic rings. The van der Waals surface area contributed by atoms with E-state index in [1.54, 1.807) is 65.1 Å². The van der Waals surface area contributed by atoms with Crippen molar-refractivity contribution < 1.29 is 23.8 Å². The molecular formula is C32H34N2O5. The molecule has 4 aromatic rings. The van der Waals surface area contributed by atoms with Crippen LogP contribution in [0.25, 0.3) is 11.1 Å². The first-order chi connectivity index (χ1) is 18.5. The van der Waals surface area contributed by atoms with Gasteiger partial charge in [-0.05, 0) is 75.6 Å². The predicted octanol–water partition coefficient (Wildman–Crippen LogP) is 6.45. The van der Waals surface area contributed by atoms with Gasteiger partial charge in [0, 0.05) is 11.8 Å². The van der Waals surface area contributed by atoms with Gasteiger partial charge in [0.2, 0.25) is 0 Å². The molecule has 4 rings (SSSR count). The molecule has 0 saturated carbocycles. The topological polar surface area (TPSA) is 79.7 Å². The van der Waals surface area contributed by atoms with Crippen molar-refractivity contribution in [1.82, 2.24) is 9.78 Å². The molecule has 0 aliphatic heterocycles. The van der Waals surface area contributed by atoms with Crippen molar-refractivity contribution in [3.63, 3.8) is 0 Å². The average molecular weight is 527 g/mol. The zero-order valence-corrected chi connectivity index (χ0v) is 23.0. The Morgan fingerprint density at radius 2 is 1.44 bits per heavy atom. The van der Waals surface area contributed by atoms with E-state index in [-0.39, 0.29) is 6.61 Å². The van der Waals surface area contributed by atoms with Crippen molar-refractivity contribution in [2.75, 3.05) is 0 Å². The summed E-state index contributed by atoms with van der Waals surface area (Å²) in [5, 5.41) is 4.40. The average Bonchev–Trinajstić information content (AvgIpc) is 3.34. The quantitative estimate of drug-likeness (QED) is 0.233. The van der Waals surface area contributed by atoms with Gasteiger partial charge in [0.25, 0.3) is 0 Å². The fourth-order valence-electron chi connectivity index (χ4n) is 3.82. The molecule has 0 fully saturated rings. The summed E-state index contributed by atoms with van der Waals surface area (Å²) in [5.41, 5.74) is 2.85. The standard InChI is InChI=1S/C32H34N2O5/c1-31(2,3)39-30(36)32(4,5)38-28-17-15-27(16-18-28)29(35)37-22-24-19-33-34(21-24)20-23-11-13-26(14-12-23)25-9-7-6-8-10-25/h6-19,21H,20,22H2,1-5H3. The van der Waals surface area contributed by atoms with Gasteiger partial charge in [-0.15, -0.1) is 0 Å². The molecule has 0 saturated heterocycles. The molecule has 0 atom stereocenters. The summed E-state index contributed by atoms with van der Waals surface area (Å²) >= 11 is 0. The van der Waals surface area contributed by atoms with Gasteiger partial charge in [-0.1, -0.05) is 54.6 Å². The molecule has 0 amide bonds. The highest BCUT2D eigenvalue weighted by molar-refractivity contribution is 5.89. The Labute approximate surface area is 229 Å². The summed E-state index contributed by atoms with van der Waals surface area (Å²) in [6.45, 7) is 9.41. The van der Waals surface area contributed by atoms with Crippen molar-refractivity contribution in [3.8, 4) is 16.9 Å². The minimum Gasteiger partial charge on any atom is -0.476 e. The predicted molar refractivity (Wildman–Crippen MR) is 149 cm³/mol. The minimum absolute atomic E-state index is 0.107. The summed E-state index contributed by atoms with van der Waals surface area (Å²) in [5.74, 6) is -0.485. The molecule has 0 radical (unpaired) electrons. The third-order valence-corrected chi connectivity index (χ3v) is 5.82. The third-order valence-electron chi connectivity index (χ3n) is 5.82. The second-order valence-corrected chi connectivity index (χ2v) is 10.8. The fourth-order valence-corrected chi connectivity index (χ4v) is 3.82. The Balaban J connectivity index is 1.28. The Bertz CT molecular complexity index is 1400. The highest BCUT2D eigenvalue weighted by Crippen LogP contribution is 2.23. The molecule has 3 aromatic carbocycles. The van der Waals surface area contributed by atoms with Crippen molar-refractivity contribution >= 4 is 11.9 Å². The number of hydrogen-bond donors (Lipinski definition) is 0. The minimum atomic E-state index is -1.18. The number of hydrogen-bond acceptors (Lipinski definition) is 6.